The first-order chi connectivity index (χ1) is 10.1. The van der Waals surface area contributed by atoms with E-state index in [1.165, 1.54) is 0 Å². The van der Waals surface area contributed by atoms with Gasteiger partial charge in [-0.25, -0.2) is 0 Å². The molecule has 0 aromatic heterocycles. The van der Waals surface area contributed by atoms with Crippen molar-refractivity contribution >= 4 is 11.9 Å². The molecule has 0 aromatic carbocycles. The molecular formula is C14H20N4O3. The van der Waals surface area contributed by atoms with E-state index in [1.807, 2.05) is 11.0 Å². The second-order valence-corrected chi connectivity index (χ2v) is 5.35. The molecule has 0 radical (unpaired) electrons. The Hall–Kier alpha value is -2.07. The number of rotatable bonds is 3. The van der Waals surface area contributed by atoms with Gasteiger partial charge in [-0.15, -0.1) is 0 Å². The lowest BCUT2D eigenvalue weighted by molar-refractivity contribution is -0.143. The summed E-state index contributed by atoms with van der Waals surface area (Å²) in [6.45, 7) is 3.84. The van der Waals surface area contributed by atoms with Gasteiger partial charge in [0.05, 0.1) is 5.92 Å². The number of aliphatic carboxylic acids is 1. The Morgan fingerprint density at radius 2 is 1.81 bits per heavy atom. The lowest BCUT2D eigenvalue weighted by Gasteiger charge is -2.30. The summed E-state index contributed by atoms with van der Waals surface area (Å²) in [6, 6.07) is 1.97. The van der Waals surface area contributed by atoms with Crippen molar-refractivity contribution in [3.8, 4) is 6.07 Å². The quantitative estimate of drug-likeness (QED) is 0.544. The molecule has 0 bridgehead atoms. The highest BCUT2D eigenvalue weighted by atomic mass is 16.4. The predicted octanol–water partition coefficient (Wildman–Crippen LogP) is -0.378. The number of hydrogen-bond acceptors (Lipinski definition) is 5. The molecule has 2 fully saturated rings. The number of hydrogen-bond donors (Lipinski definition) is 2. The highest BCUT2D eigenvalue weighted by Crippen LogP contribution is 2.18. The molecule has 2 aliphatic heterocycles. The summed E-state index contributed by atoms with van der Waals surface area (Å²) in [4.78, 5) is 26.7. The van der Waals surface area contributed by atoms with Gasteiger partial charge in [-0.1, -0.05) is 0 Å². The Kier molecular flexibility index (Phi) is 5.17. The lowest BCUT2D eigenvalue weighted by Crippen LogP contribution is -2.47. The Morgan fingerprint density at radius 1 is 1.19 bits per heavy atom. The van der Waals surface area contributed by atoms with Crippen molar-refractivity contribution in [3.05, 3.63) is 11.8 Å². The number of amides is 1. The highest BCUT2D eigenvalue weighted by molar-refractivity contribution is 5.97. The molecular weight excluding hydrogens is 272 g/mol. The van der Waals surface area contributed by atoms with E-state index in [1.54, 1.807) is 11.1 Å². The van der Waals surface area contributed by atoms with Gasteiger partial charge in [0.15, 0.2) is 0 Å². The Bertz CT molecular complexity index is 469. The van der Waals surface area contributed by atoms with Crippen LogP contribution in [-0.4, -0.2) is 66.1 Å². The molecule has 2 rings (SSSR count). The van der Waals surface area contributed by atoms with Gasteiger partial charge in [-0.05, 0) is 12.8 Å². The number of nitriles is 1. The molecule has 21 heavy (non-hydrogen) atoms. The number of nitrogens with zero attached hydrogens (tertiary/aromatic N) is 3. The summed E-state index contributed by atoms with van der Waals surface area (Å²) in [5.41, 5.74) is 0.130. The van der Waals surface area contributed by atoms with Crippen molar-refractivity contribution in [2.45, 2.75) is 12.8 Å². The number of piperidine rings is 1. The zero-order valence-corrected chi connectivity index (χ0v) is 11.9. The zero-order valence-electron chi connectivity index (χ0n) is 11.9. The molecule has 2 heterocycles. The van der Waals surface area contributed by atoms with Gasteiger partial charge < -0.3 is 20.2 Å². The van der Waals surface area contributed by atoms with Gasteiger partial charge in [0, 0.05) is 45.5 Å². The summed E-state index contributed by atoms with van der Waals surface area (Å²) in [7, 11) is 0. The fourth-order valence-electron chi connectivity index (χ4n) is 2.63. The Morgan fingerprint density at radius 3 is 2.33 bits per heavy atom. The van der Waals surface area contributed by atoms with E-state index in [4.69, 9.17) is 5.11 Å². The van der Waals surface area contributed by atoms with Crippen molar-refractivity contribution in [2.75, 3.05) is 39.3 Å². The van der Waals surface area contributed by atoms with E-state index < -0.39 is 5.97 Å². The molecule has 0 spiro atoms. The van der Waals surface area contributed by atoms with Crippen LogP contribution in [0.25, 0.3) is 0 Å². The first kappa shape index (κ1) is 15.3. The molecule has 7 heteroatoms. The van der Waals surface area contributed by atoms with E-state index in [-0.39, 0.29) is 17.4 Å². The van der Waals surface area contributed by atoms with E-state index in [9.17, 15) is 14.9 Å². The molecule has 0 atom stereocenters. The normalized spacial score (nSPS) is 21.0. The number of carbonyl (C=O) groups is 2. The number of carboxylic acids is 1. The van der Waals surface area contributed by atoms with E-state index in [0.29, 0.717) is 39.0 Å². The summed E-state index contributed by atoms with van der Waals surface area (Å²) in [6.07, 6.45) is 2.68. The fourth-order valence-corrected chi connectivity index (χ4v) is 2.63. The van der Waals surface area contributed by atoms with E-state index in [0.717, 1.165) is 13.1 Å². The second kappa shape index (κ2) is 7.09. The van der Waals surface area contributed by atoms with Crippen LogP contribution in [0.4, 0.5) is 0 Å². The third kappa shape index (κ3) is 3.95. The van der Waals surface area contributed by atoms with Crippen LogP contribution in [0, 0.1) is 17.2 Å². The van der Waals surface area contributed by atoms with Crippen LogP contribution in [0.3, 0.4) is 0 Å². The number of carboxylic acid groups (broad SMARTS) is 1. The zero-order chi connectivity index (χ0) is 15.2. The largest absolute Gasteiger partial charge is 0.481 e. The molecule has 0 aliphatic carbocycles. The van der Waals surface area contributed by atoms with Gasteiger partial charge in [0.1, 0.15) is 11.6 Å². The molecule has 2 N–H and O–H groups in total. The molecule has 7 nitrogen and oxygen atoms in total. The van der Waals surface area contributed by atoms with Crippen LogP contribution in [0.1, 0.15) is 12.8 Å². The van der Waals surface area contributed by atoms with E-state index >= 15 is 0 Å². The number of carbonyl (C=O) groups excluding carboxylic acids is 1. The van der Waals surface area contributed by atoms with E-state index in [2.05, 4.69) is 5.32 Å². The maximum Gasteiger partial charge on any atom is 0.306 e. The first-order valence-electron chi connectivity index (χ1n) is 7.20. The van der Waals surface area contributed by atoms with Gasteiger partial charge in [0.2, 0.25) is 0 Å². The summed E-state index contributed by atoms with van der Waals surface area (Å²) in [5, 5.41) is 21.3. The maximum atomic E-state index is 12.3. The lowest BCUT2D eigenvalue weighted by atomic mass is 9.97. The average molecular weight is 292 g/mol. The van der Waals surface area contributed by atoms with Gasteiger partial charge >= 0.3 is 5.97 Å². The van der Waals surface area contributed by atoms with Crippen LogP contribution in [0.15, 0.2) is 11.8 Å². The Balaban J connectivity index is 1.96. The highest BCUT2D eigenvalue weighted by Gasteiger charge is 2.25. The van der Waals surface area contributed by atoms with Crippen molar-refractivity contribution in [1.29, 1.82) is 5.26 Å². The first-order valence-corrected chi connectivity index (χ1v) is 7.20. The third-order valence-corrected chi connectivity index (χ3v) is 3.95. The van der Waals surface area contributed by atoms with Crippen molar-refractivity contribution in [1.82, 2.24) is 15.1 Å². The fraction of sp³-hybridized carbons (Fsp3) is 0.643. The van der Waals surface area contributed by atoms with Gasteiger partial charge in [-0.2, -0.15) is 5.26 Å². The average Bonchev–Trinajstić information content (AvgIpc) is 2.53. The van der Waals surface area contributed by atoms with Crippen molar-refractivity contribution in [3.63, 3.8) is 0 Å². The molecule has 0 unspecified atom stereocenters. The number of piperazine rings is 1. The standard InChI is InChI=1S/C14H20N4O3/c15-9-12(13(19)18-7-3-16-4-8-18)10-17-5-1-11(2-6-17)14(20)21/h10-11,16H,1-8H2,(H,20,21)/b12-10-. The topological polar surface area (TPSA) is 96.7 Å². The minimum absolute atomic E-state index is 0.130. The maximum absolute atomic E-state index is 12.3. The summed E-state index contributed by atoms with van der Waals surface area (Å²) in [5.74, 6) is -1.32. The number of nitrogens with one attached hydrogen (secondary N) is 1. The SMILES string of the molecule is N#C/C(=C/N1CCC(C(=O)O)CC1)C(=O)N1CCNCC1. The van der Waals surface area contributed by atoms with Crippen LogP contribution >= 0.6 is 0 Å². The molecule has 0 saturated carbocycles. The molecule has 0 aromatic rings. The van der Waals surface area contributed by atoms with Gasteiger partial charge in [-0.3, -0.25) is 9.59 Å². The minimum Gasteiger partial charge on any atom is -0.481 e. The van der Waals surface area contributed by atoms with Crippen LogP contribution in [0.2, 0.25) is 0 Å². The smallest absolute Gasteiger partial charge is 0.306 e. The second-order valence-electron chi connectivity index (χ2n) is 5.35. The molecule has 1 amide bonds. The van der Waals surface area contributed by atoms with Gasteiger partial charge in [0.25, 0.3) is 5.91 Å². The monoisotopic (exact) mass is 292 g/mol. The Labute approximate surface area is 123 Å². The molecule has 2 aliphatic rings. The number of likely N-dealkylation sites (tertiary alicyclic amines) is 1. The van der Waals surface area contributed by atoms with Crippen molar-refractivity contribution < 1.29 is 14.7 Å². The summed E-state index contributed by atoms with van der Waals surface area (Å²) >= 11 is 0. The van der Waals surface area contributed by atoms with Crippen LogP contribution in [0.5, 0.6) is 0 Å². The molecule has 2 saturated heterocycles. The van der Waals surface area contributed by atoms with Crippen LogP contribution < -0.4 is 5.32 Å². The third-order valence-electron chi connectivity index (χ3n) is 3.95. The van der Waals surface area contributed by atoms with Crippen LogP contribution in [-0.2, 0) is 9.59 Å². The predicted molar refractivity (Wildman–Crippen MR) is 75.1 cm³/mol. The minimum atomic E-state index is -0.768. The summed E-state index contributed by atoms with van der Waals surface area (Å²) < 4.78 is 0. The van der Waals surface area contributed by atoms with Crippen molar-refractivity contribution in [2.24, 2.45) is 5.92 Å². The molecule has 114 valence electrons.